The van der Waals surface area contributed by atoms with Gasteiger partial charge < -0.3 is 4.90 Å². The number of hydrogen-bond donors (Lipinski definition) is 0. The SMILES string of the molecule is CC(Sc1nc(C2CC2)n(-c2ccccc2)n1)C(=O)N(C)Cc1cccc(F)c1. The van der Waals surface area contributed by atoms with Crippen molar-refractivity contribution in [2.45, 2.75) is 42.6 Å². The van der Waals surface area contributed by atoms with Crippen LogP contribution in [-0.4, -0.2) is 37.9 Å². The molecule has 1 aliphatic carbocycles. The highest BCUT2D eigenvalue weighted by Crippen LogP contribution is 2.40. The summed E-state index contributed by atoms with van der Waals surface area (Å²) >= 11 is 1.36. The Hall–Kier alpha value is -2.67. The Kier molecular flexibility index (Phi) is 5.67. The molecular weight excluding hydrogens is 387 g/mol. The van der Waals surface area contributed by atoms with Crippen LogP contribution < -0.4 is 0 Å². The van der Waals surface area contributed by atoms with E-state index in [-0.39, 0.29) is 17.0 Å². The summed E-state index contributed by atoms with van der Waals surface area (Å²) < 4.78 is 15.3. The van der Waals surface area contributed by atoms with Crippen molar-refractivity contribution in [2.24, 2.45) is 0 Å². The molecule has 150 valence electrons. The summed E-state index contributed by atoms with van der Waals surface area (Å²) in [5.41, 5.74) is 1.75. The van der Waals surface area contributed by atoms with Crippen LogP contribution in [0.5, 0.6) is 0 Å². The van der Waals surface area contributed by atoms with Gasteiger partial charge in [0, 0.05) is 19.5 Å². The summed E-state index contributed by atoms with van der Waals surface area (Å²) in [6.07, 6.45) is 2.25. The van der Waals surface area contributed by atoms with Crippen LogP contribution in [0.15, 0.2) is 59.8 Å². The van der Waals surface area contributed by atoms with Crippen molar-refractivity contribution >= 4 is 17.7 Å². The van der Waals surface area contributed by atoms with Crippen molar-refractivity contribution in [2.75, 3.05) is 7.05 Å². The third-order valence-corrected chi connectivity index (χ3v) is 5.81. The molecule has 0 spiro atoms. The molecule has 1 atom stereocenters. The van der Waals surface area contributed by atoms with E-state index in [0.717, 1.165) is 29.9 Å². The maximum Gasteiger partial charge on any atom is 0.235 e. The maximum atomic E-state index is 13.4. The van der Waals surface area contributed by atoms with Gasteiger partial charge in [0.25, 0.3) is 0 Å². The molecule has 1 saturated carbocycles. The fourth-order valence-corrected chi connectivity index (χ4v) is 4.10. The molecule has 2 aromatic carbocycles. The minimum absolute atomic E-state index is 0.0386. The van der Waals surface area contributed by atoms with Crippen LogP contribution in [0, 0.1) is 5.82 Å². The van der Waals surface area contributed by atoms with Gasteiger partial charge >= 0.3 is 0 Å². The summed E-state index contributed by atoms with van der Waals surface area (Å²) in [4.78, 5) is 19.1. The molecule has 3 aromatic rings. The van der Waals surface area contributed by atoms with E-state index in [1.807, 2.05) is 48.0 Å². The number of carbonyl (C=O) groups excluding carboxylic acids is 1. The van der Waals surface area contributed by atoms with Gasteiger partial charge in [0.15, 0.2) is 0 Å². The molecule has 0 bridgehead atoms. The Morgan fingerprint density at radius 3 is 2.69 bits per heavy atom. The molecule has 1 amide bonds. The zero-order valence-corrected chi connectivity index (χ0v) is 17.3. The van der Waals surface area contributed by atoms with Crippen molar-refractivity contribution in [3.8, 4) is 5.69 Å². The Morgan fingerprint density at radius 2 is 2.00 bits per heavy atom. The number of halogens is 1. The summed E-state index contributed by atoms with van der Waals surface area (Å²) in [7, 11) is 1.73. The predicted octanol–water partition coefficient (Wildman–Crippen LogP) is 4.42. The number of amides is 1. The molecule has 1 aromatic heterocycles. The first kappa shape index (κ1) is 19.6. The normalized spacial score (nSPS) is 14.6. The van der Waals surface area contributed by atoms with Crippen LogP contribution >= 0.6 is 11.8 Å². The molecular formula is C22H23FN4OS. The Morgan fingerprint density at radius 1 is 1.24 bits per heavy atom. The third-order valence-electron chi connectivity index (χ3n) is 4.87. The number of para-hydroxylation sites is 1. The van der Waals surface area contributed by atoms with Crippen LogP contribution in [0.3, 0.4) is 0 Å². The van der Waals surface area contributed by atoms with E-state index in [1.165, 1.54) is 23.9 Å². The van der Waals surface area contributed by atoms with Crippen LogP contribution in [-0.2, 0) is 11.3 Å². The number of rotatable bonds is 7. The monoisotopic (exact) mass is 410 g/mol. The van der Waals surface area contributed by atoms with Gasteiger partial charge in [-0.05, 0) is 49.6 Å². The lowest BCUT2D eigenvalue weighted by Crippen LogP contribution is -2.32. The van der Waals surface area contributed by atoms with Crippen molar-refractivity contribution in [3.63, 3.8) is 0 Å². The molecule has 1 aliphatic rings. The number of carbonyl (C=O) groups is 1. The van der Waals surface area contributed by atoms with E-state index < -0.39 is 0 Å². The standard InChI is InChI=1S/C22H23FN4OS/c1-15(21(28)26(2)14-16-7-6-8-18(23)13-16)29-22-24-20(17-11-12-17)27(25-22)19-9-4-3-5-10-19/h3-10,13,15,17H,11-12,14H2,1-2H3. The van der Waals surface area contributed by atoms with Crippen LogP contribution in [0.4, 0.5) is 4.39 Å². The fourth-order valence-electron chi connectivity index (χ4n) is 3.23. The van der Waals surface area contributed by atoms with Crippen molar-refractivity contribution in [1.29, 1.82) is 0 Å². The smallest absolute Gasteiger partial charge is 0.235 e. The highest BCUT2D eigenvalue weighted by molar-refractivity contribution is 8.00. The van der Waals surface area contributed by atoms with Gasteiger partial charge in [-0.2, -0.15) is 0 Å². The first-order valence-electron chi connectivity index (χ1n) is 9.69. The third kappa shape index (κ3) is 4.67. The molecule has 0 radical (unpaired) electrons. The van der Waals surface area contributed by atoms with Gasteiger partial charge in [-0.1, -0.05) is 42.1 Å². The van der Waals surface area contributed by atoms with Gasteiger partial charge in [-0.25, -0.2) is 14.1 Å². The number of thioether (sulfide) groups is 1. The van der Waals surface area contributed by atoms with E-state index in [4.69, 9.17) is 4.98 Å². The molecule has 5 nitrogen and oxygen atoms in total. The molecule has 0 aliphatic heterocycles. The van der Waals surface area contributed by atoms with Crippen molar-refractivity contribution in [1.82, 2.24) is 19.7 Å². The zero-order valence-electron chi connectivity index (χ0n) is 16.5. The minimum Gasteiger partial charge on any atom is -0.340 e. The highest BCUT2D eigenvalue weighted by Gasteiger charge is 2.31. The summed E-state index contributed by atoms with van der Waals surface area (Å²) in [5.74, 6) is 1.07. The van der Waals surface area contributed by atoms with E-state index in [0.29, 0.717) is 17.6 Å². The molecule has 1 fully saturated rings. The molecule has 1 unspecified atom stereocenters. The molecule has 0 saturated heterocycles. The fraction of sp³-hybridized carbons (Fsp3) is 0.318. The van der Waals surface area contributed by atoms with Gasteiger partial charge in [0.05, 0.1) is 10.9 Å². The first-order chi connectivity index (χ1) is 14.0. The van der Waals surface area contributed by atoms with Crippen LogP contribution in [0.25, 0.3) is 5.69 Å². The number of hydrogen-bond acceptors (Lipinski definition) is 4. The average molecular weight is 411 g/mol. The molecule has 29 heavy (non-hydrogen) atoms. The average Bonchev–Trinajstić information content (AvgIpc) is 3.48. The second kappa shape index (κ2) is 8.37. The Labute approximate surface area is 173 Å². The lowest BCUT2D eigenvalue weighted by molar-refractivity contribution is -0.129. The van der Waals surface area contributed by atoms with Crippen LogP contribution in [0.1, 0.15) is 37.1 Å². The summed E-state index contributed by atoms with van der Waals surface area (Å²) in [6, 6.07) is 16.3. The zero-order chi connectivity index (χ0) is 20.4. The lowest BCUT2D eigenvalue weighted by Gasteiger charge is -2.20. The molecule has 7 heteroatoms. The quantitative estimate of drug-likeness (QED) is 0.541. The maximum absolute atomic E-state index is 13.4. The predicted molar refractivity (Wildman–Crippen MR) is 112 cm³/mol. The topological polar surface area (TPSA) is 51.0 Å². The largest absolute Gasteiger partial charge is 0.340 e. The number of nitrogens with zero attached hydrogens (tertiary/aromatic N) is 4. The first-order valence-corrected chi connectivity index (χ1v) is 10.6. The van der Waals surface area contributed by atoms with E-state index in [2.05, 4.69) is 5.10 Å². The van der Waals surface area contributed by atoms with Gasteiger partial charge in [0.1, 0.15) is 11.6 Å². The minimum atomic E-state index is -0.341. The van der Waals surface area contributed by atoms with Crippen molar-refractivity contribution < 1.29 is 9.18 Å². The molecule has 4 rings (SSSR count). The Balaban J connectivity index is 1.46. The number of benzene rings is 2. The second-order valence-corrected chi connectivity index (χ2v) is 8.67. The lowest BCUT2D eigenvalue weighted by atomic mass is 10.2. The van der Waals surface area contributed by atoms with Crippen LogP contribution in [0.2, 0.25) is 0 Å². The molecule has 0 N–H and O–H groups in total. The summed E-state index contributed by atoms with van der Waals surface area (Å²) in [5, 5.41) is 4.93. The van der Waals surface area contributed by atoms with E-state index in [1.54, 1.807) is 18.0 Å². The number of aromatic nitrogens is 3. The van der Waals surface area contributed by atoms with Gasteiger partial charge in [-0.3, -0.25) is 4.79 Å². The Bertz CT molecular complexity index is 1000. The summed E-state index contributed by atoms with van der Waals surface area (Å²) in [6.45, 7) is 2.22. The van der Waals surface area contributed by atoms with Gasteiger partial charge in [-0.15, -0.1) is 5.10 Å². The highest BCUT2D eigenvalue weighted by atomic mass is 32.2. The van der Waals surface area contributed by atoms with E-state index in [9.17, 15) is 9.18 Å². The van der Waals surface area contributed by atoms with E-state index >= 15 is 0 Å². The van der Waals surface area contributed by atoms with Crippen molar-refractivity contribution in [3.05, 3.63) is 71.8 Å². The second-order valence-electron chi connectivity index (χ2n) is 7.36. The van der Waals surface area contributed by atoms with Gasteiger partial charge in [0.2, 0.25) is 11.1 Å². The molecule has 1 heterocycles.